The van der Waals surface area contributed by atoms with Crippen molar-refractivity contribution < 1.29 is 13.2 Å². The Balaban J connectivity index is 2.42. The van der Waals surface area contributed by atoms with Gasteiger partial charge >= 0.3 is 0 Å². The van der Waals surface area contributed by atoms with Crippen molar-refractivity contribution in [3.8, 4) is 0 Å². The van der Waals surface area contributed by atoms with Crippen LogP contribution < -0.4 is 15.6 Å². The van der Waals surface area contributed by atoms with Crippen LogP contribution >= 0.6 is 0 Å². The van der Waals surface area contributed by atoms with E-state index in [1.165, 1.54) is 10.6 Å². The maximum Gasteiger partial charge on any atom is 0.265 e. The maximum atomic E-state index is 11.5. The summed E-state index contributed by atoms with van der Waals surface area (Å²) in [7, 11) is -3.25. The van der Waals surface area contributed by atoms with Gasteiger partial charge in [0, 0.05) is 12.1 Å². The van der Waals surface area contributed by atoms with Gasteiger partial charge in [-0.05, 0) is 30.2 Å². The summed E-state index contributed by atoms with van der Waals surface area (Å²) in [5.74, 6) is 4.66. The molecule has 17 heavy (non-hydrogen) atoms. The average molecular weight is 255 g/mol. The smallest absolute Gasteiger partial charge is 0.265 e. The summed E-state index contributed by atoms with van der Waals surface area (Å²) >= 11 is 0. The molecule has 0 aliphatic carbocycles. The van der Waals surface area contributed by atoms with Crippen LogP contribution in [0, 0.1) is 0 Å². The van der Waals surface area contributed by atoms with Crippen LogP contribution in [0.3, 0.4) is 0 Å². The van der Waals surface area contributed by atoms with Gasteiger partial charge in [-0.15, -0.1) is 0 Å². The van der Waals surface area contributed by atoms with Crippen LogP contribution in [0.4, 0.5) is 5.69 Å². The molecule has 1 aromatic rings. The van der Waals surface area contributed by atoms with E-state index in [0.717, 1.165) is 5.56 Å². The monoisotopic (exact) mass is 255 g/mol. The summed E-state index contributed by atoms with van der Waals surface area (Å²) in [5, 5.41) is 0. The second kappa shape index (κ2) is 4.01. The van der Waals surface area contributed by atoms with Gasteiger partial charge in [-0.25, -0.2) is 14.3 Å². The zero-order chi connectivity index (χ0) is 12.6. The largest absolute Gasteiger partial charge is 0.290 e. The molecule has 92 valence electrons. The summed E-state index contributed by atoms with van der Waals surface area (Å²) in [6, 6.07) is 4.86. The number of sulfonamides is 1. The van der Waals surface area contributed by atoms with Gasteiger partial charge in [0.05, 0.1) is 11.9 Å². The number of hydrazine groups is 1. The fourth-order valence-corrected chi connectivity index (χ4v) is 2.90. The highest BCUT2D eigenvalue weighted by atomic mass is 32.2. The zero-order valence-electron chi connectivity index (χ0n) is 9.30. The molecule has 3 N–H and O–H groups in total. The van der Waals surface area contributed by atoms with Gasteiger partial charge in [-0.3, -0.25) is 14.5 Å². The van der Waals surface area contributed by atoms with E-state index in [-0.39, 0.29) is 5.91 Å². The van der Waals surface area contributed by atoms with E-state index in [0.29, 0.717) is 24.2 Å². The minimum Gasteiger partial charge on any atom is -0.290 e. The van der Waals surface area contributed by atoms with Gasteiger partial charge in [0.15, 0.2) is 0 Å². The first-order chi connectivity index (χ1) is 7.93. The van der Waals surface area contributed by atoms with E-state index in [2.05, 4.69) is 0 Å². The fourth-order valence-electron chi connectivity index (χ4n) is 1.94. The Bertz CT molecular complexity index is 568. The van der Waals surface area contributed by atoms with Gasteiger partial charge in [0.25, 0.3) is 5.91 Å². The van der Waals surface area contributed by atoms with Crippen molar-refractivity contribution in [3.63, 3.8) is 0 Å². The number of carbonyl (C=O) groups excluding carboxylic acids is 1. The highest BCUT2D eigenvalue weighted by molar-refractivity contribution is 7.92. The number of hydrogen-bond acceptors (Lipinski definition) is 4. The van der Waals surface area contributed by atoms with E-state index >= 15 is 0 Å². The number of amides is 1. The molecule has 6 nitrogen and oxygen atoms in total. The molecule has 0 aromatic heterocycles. The highest BCUT2D eigenvalue weighted by Crippen LogP contribution is 2.30. The maximum absolute atomic E-state index is 11.5. The summed E-state index contributed by atoms with van der Waals surface area (Å²) in [5.41, 5.74) is 3.96. The molecule has 1 aliphatic rings. The first-order valence-corrected chi connectivity index (χ1v) is 6.90. The van der Waals surface area contributed by atoms with Crippen LogP contribution in [0.2, 0.25) is 0 Å². The first-order valence-electron chi connectivity index (χ1n) is 5.05. The topological polar surface area (TPSA) is 92.5 Å². The summed E-state index contributed by atoms with van der Waals surface area (Å²) in [6.45, 7) is 0.419. The lowest BCUT2D eigenvalue weighted by atomic mass is 10.1. The number of carbonyl (C=O) groups is 1. The van der Waals surface area contributed by atoms with Crippen LogP contribution in [0.1, 0.15) is 15.9 Å². The molecular formula is C10H13N3O3S. The molecule has 7 heteroatoms. The summed E-state index contributed by atoms with van der Waals surface area (Å²) in [6.07, 6.45) is 1.77. The highest BCUT2D eigenvalue weighted by Gasteiger charge is 2.26. The molecule has 0 radical (unpaired) electrons. The molecule has 1 aliphatic heterocycles. The van der Waals surface area contributed by atoms with Crippen molar-refractivity contribution in [3.05, 3.63) is 29.3 Å². The number of nitrogens with one attached hydrogen (secondary N) is 1. The molecular weight excluding hydrogens is 242 g/mol. The Hall–Kier alpha value is -1.60. The van der Waals surface area contributed by atoms with Crippen molar-refractivity contribution in [2.24, 2.45) is 5.84 Å². The Morgan fingerprint density at radius 1 is 1.47 bits per heavy atom. The third-order valence-corrected chi connectivity index (χ3v) is 3.91. The van der Waals surface area contributed by atoms with Gasteiger partial charge in [0.1, 0.15) is 0 Å². The molecule has 0 saturated heterocycles. The summed E-state index contributed by atoms with van der Waals surface area (Å²) < 4.78 is 24.3. The van der Waals surface area contributed by atoms with Crippen LogP contribution in [-0.4, -0.2) is 27.1 Å². The Labute approximate surface area is 99.4 Å². The predicted octanol–water partition coefficient (Wildman–Crippen LogP) is -0.388. The number of nitrogen functional groups attached to an aromatic ring is 1. The lowest BCUT2D eigenvalue weighted by molar-refractivity contribution is 0.0953. The van der Waals surface area contributed by atoms with Crippen molar-refractivity contribution in [1.82, 2.24) is 5.43 Å². The molecule has 1 aromatic carbocycles. The normalized spacial score (nSPS) is 14.6. The third-order valence-electron chi connectivity index (χ3n) is 2.73. The van der Waals surface area contributed by atoms with Crippen LogP contribution in [0.15, 0.2) is 18.2 Å². The molecule has 1 amide bonds. The van der Waals surface area contributed by atoms with Gasteiger partial charge in [-0.2, -0.15) is 0 Å². The van der Waals surface area contributed by atoms with E-state index in [9.17, 15) is 13.2 Å². The van der Waals surface area contributed by atoms with E-state index in [1.807, 2.05) is 5.43 Å². The number of nitrogens with two attached hydrogens (primary N) is 1. The van der Waals surface area contributed by atoms with Gasteiger partial charge in [0.2, 0.25) is 10.0 Å². The lowest BCUT2D eigenvalue weighted by Gasteiger charge is -2.16. The number of hydrogen-bond donors (Lipinski definition) is 2. The zero-order valence-corrected chi connectivity index (χ0v) is 10.1. The van der Waals surface area contributed by atoms with Crippen LogP contribution in [0.5, 0.6) is 0 Å². The van der Waals surface area contributed by atoms with Crippen LogP contribution in [-0.2, 0) is 16.4 Å². The van der Waals surface area contributed by atoms with Crippen molar-refractivity contribution in [2.45, 2.75) is 6.42 Å². The first kappa shape index (κ1) is 11.9. The van der Waals surface area contributed by atoms with Gasteiger partial charge in [-0.1, -0.05) is 0 Å². The molecule has 0 unspecified atom stereocenters. The lowest BCUT2D eigenvalue weighted by Crippen LogP contribution is -2.30. The van der Waals surface area contributed by atoms with E-state index < -0.39 is 10.0 Å². The Morgan fingerprint density at radius 3 is 2.76 bits per heavy atom. The number of fused-ring (bicyclic) bond motifs is 1. The fraction of sp³-hybridized carbons (Fsp3) is 0.300. The predicted molar refractivity (Wildman–Crippen MR) is 64.0 cm³/mol. The number of nitrogens with zero attached hydrogens (tertiary/aromatic N) is 1. The minimum atomic E-state index is -3.25. The van der Waals surface area contributed by atoms with E-state index in [4.69, 9.17) is 5.84 Å². The number of anilines is 1. The SMILES string of the molecule is CS(=O)(=O)N1CCc2cc(C(=O)NN)ccc21. The molecule has 0 saturated carbocycles. The van der Waals surface area contributed by atoms with Crippen molar-refractivity contribution >= 4 is 21.6 Å². The number of rotatable bonds is 2. The molecule has 2 rings (SSSR count). The number of benzene rings is 1. The second-order valence-electron chi connectivity index (χ2n) is 3.90. The minimum absolute atomic E-state index is 0.384. The van der Waals surface area contributed by atoms with Crippen molar-refractivity contribution in [1.29, 1.82) is 0 Å². The average Bonchev–Trinajstić information content (AvgIpc) is 2.70. The van der Waals surface area contributed by atoms with Gasteiger partial charge < -0.3 is 0 Å². The molecule has 0 spiro atoms. The Morgan fingerprint density at radius 2 is 2.18 bits per heavy atom. The summed E-state index contributed by atoms with van der Waals surface area (Å²) in [4.78, 5) is 11.3. The molecule has 1 heterocycles. The second-order valence-corrected chi connectivity index (χ2v) is 5.81. The van der Waals surface area contributed by atoms with E-state index in [1.54, 1.807) is 18.2 Å². The molecule has 0 fully saturated rings. The Kier molecular flexibility index (Phi) is 2.80. The van der Waals surface area contributed by atoms with Crippen LogP contribution in [0.25, 0.3) is 0 Å². The quantitative estimate of drug-likeness (QED) is 0.428. The van der Waals surface area contributed by atoms with Crippen molar-refractivity contribution in [2.75, 3.05) is 17.1 Å². The molecule has 0 bridgehead atoms. The third kappa shape index (κ3) is 2.11. The standard InChI is InChI=1S/C10H13N3O3S/c1-17(15,16)13-5-4-7-6-8(10(14)12-11)2-3-9(7)13/h2-3,6H,4-5,11H2,1H3,(H,12,14). The molecule has 0 atom stereocenters.